The largest absolute Gasteiger partial charge is 0.497 e. The lowest BCUT2D eigenvalue weighted by atomic mass is 10.1. The van der Waals surface area contributed by atoms with Gasteiger partial charge in [0.1, 0.15) is 28.6 Å². The van der Waals surface area contributed by atoms with Crippen LogP contribution >= 0.6 is 0 Å². The van der Waals surface area contributed by atoms with E-state index < -0.39 is 5.97 Å². The van der Waals surface area contributed by atoms with Gasteiger partial charge >= 0.3 is 5.97 Å². The van der Waals surface area contributed by atoms with Gasteiger partial charge in [-0.2, -0.15) is 0 Å². The molecule has 0 saturated heterocycles. The van der Waals surface area contributed by atoms with Crippen LogP contribution in [0.3, 0.4) is 0 Å². The third-order valence-corrected chi connectivity index (χ3v) is 3.80. The van der Waals surface area contributed by atoms with Crippen LogP contribution in [0, 0.1) is 0 Å². The van der Waals surface area contributed by atoms with Gasteiger partial charge in [0.05, 0.1) is 21.3 Å². The highest BCUT2D eigenvalue weighted by atomic mass is 16.5. The van der Waals surface area contributed by atoms with E-state index in [2.05, 4.69) is 0 Å². The molecule has 0 aliphatic carbocycles. The third kappa shape index (κ3) is 5.10. The van der Waals surface area contributed by atoms with Gasteiger partial charge in [0, 0.05) is 18.6 Å². The average molecular weight is 370 g/mol. The molecule has 0 fully saturated rings. The lowest BCUT2D eigenvalue weighted by molar-refractivity contribution is -0.134. The maximum absolute atomic E-state index is 12.8. The van der Waals surface area contributed by atoms with E-state index in [0.29, 0.717) is 5.75 Å². The summed E-state index contributed by atoms with van der Waals surface area (Å²) in [4.78, 5) is 24.5. The van der Waals surface area contributed by atoms with Gasteiger partial charge in [-0.25, -0.2) is 0 Å². The van der Waals surface area contributed by atoms with Crippen LogP contribution in [0.4, 0.5) is 0 Å². The predicted octanol–water partition coefficient (Wildman–Crippen LogP) is 3.92. The van der Waals surface area contributed by atoms with Crippen LogP contribution in [-0.4, -0.2) is 33.1 Å². The number of allylic oxidation sites excluding steroid dienone is 1. The van der Waals surface area contributed by atoms with E-state index in [1.165, 1.54) is 26.4 Å². The van der Waals surface area contributed by atoms with Crippen molar-refractivity contribution in [3.05, 3.63) is 53.6 Å². The topological polar surface area (TPSA) is 71.1 Å². The van der Waals surface area contributed by atoms with Crippen molar-refractivity contribution in [2.75, 3.05) is 21.3 Å². The molecule has 0 amide bonds. The maximum atomic E-state index is 12.8. The number of carbonyl (C=O) groups excluding carboxylic acids is 2. The molecule has 0 atom stereocenters. The van der Waals surface area contributed by atoms with Crippen LogP contribution < -0.4 is 18.9 Å². The van der Waals surface area contributed by atoms with E-state index in [9.17, 15) is 9.59 Å². The Kier molecular flexibility index (Phi) is 7.00. The third-order valence-electron chi connectivity index (χ3n) is 3.80. The second kappa shape index (κ2) is 9.43. The van der Waals surface area contributed by atoms with Crippen LogP contribution in [0.1, 0.15) is 29.3 Å². The molecule has 27 heavy (non-hydrogen) atoms. The first kappa shape index (κ1) is 20.0. The Labute approximate surface area is 158 Å². The van der Waals surface area contributed by atoms with Gasteiger partial charge in [-0.3, -0.25) is 9.59 Å². The van der Waals surface area contributed by atoms with Gasteiger partial charge in [-0.15, -0.1) is 0 Å². The summed E-state index contributed by atoms with van der Waals surface area (Å²) in [5.41, 5.74) is 0.980. The van der Waals surface area contributed by atoms with Gasteiger partial charge < -0.3 is 18.9 Å². The number of hydrogen-bond donors (Lipinski definition) is 0. The first-order valence-electron chi connectivity index (χ1n) is 8.35. The van der Waals surface area contributed by atoms with Crippen LogP contribution in [0.25, 0.3) is 6.08 Å². The molecule has 142 valence electrons. The number of ether oxygens (including phenoxy) is 4. The zero-order valence-electron chi connectivity index (χ0n) is 15.8. The quantitative estimate of drug-likeness (QED) is 0.304. The molecule has 6 nitrogen and oxygen atoms in total. The summed E-state index contributed by atoms with van der Waals surface area (Å²) in [5, 5.41) is 0. The van der Waals surface area contributed by atoms with Crippen LogP contribution in [0.2, 0.25) is 0 Å². The standard InChI is InChI=1S/C21H22O6/c1-5-20(23)27-19-13-16(25-3)12-18(26-4)21(19)17(22)11-8-14-6-9-15(24-2)10-7-14/h6-13H,5H2,1-4H3. The van der Waals surface area contributed by atoms with Crippen molar-refractivity contribution in [1.29, 1.82) is 0 Å². The van der Waals surface area contributed by atoms with E-state index in [1.807, 2.05) is 12.1 Å². The zero-order valence-corrected chi connectivity index (χ0v) is 15.8. The molecule has 2 aromatic carbocycles. The molecule has 2 rings (SSSR count). The summed E-state index contributed by atoms with van der Waals surface area (Å²) in [6, 6.07) is 10.3. The van der Waals surface area contributed by atoms with Crippen molar-refractivity contribution < 1.29 is 28.5 Å². The Morgan fingerprint density at radius 3 is 2.07 bits per heavy atom. The summed E-state index contributed by atoms with van der Waals surface area (Å²) < 4.78 is 20.9. The highest BCUT2D eigenvalue weighted by molar-refractivity contribution is 6.11. The number of ketones is 1. The molecule has 0 aliphatic rings. The SMILES string of the molecule is CCC(=O)Oc1cc(OC)cc(OC)c1C(=O)C=Cc1ccc(OC)cc1. The van der Waals surface area contributed by atoms with Crippen molar-refractivity contribution in [2.45, 2.75) is 13.3 Å². The minimum Gasteiger partial charge on any atom is -0.497 e. The maximum Gasteiger partial charge on any atom is 0.310 e. The Hall–Kier alpha value is -3.28. The monoisotopic (exact) mass is 370 g/mol. The van der Waals surface area contributed by atoms with Crippen LogP contribution in [0.15, 0.2) is 42.5 Å². The van der Waals surface area contributed by atoms with Gasteiger partial charge in [0.25, 0.3) is 0 Å². The van der Waals surface area contributed by atoms with Crippen LogP contribution in [-0.2, 0) is 4.79 Å². The Bertz CT molecular complexity index is 836. The lowest BCUT2D eigenvalue weighted by Gasteiger charge is -2.13. The van der Waals surface area contributed by atoms with Crippen molar-refractivity contribution in [3.63, 3.8) is 0 Å². The van der Waals surface area contributed by atoms with E-state index in [4.69, 9.17) is 18.9 Å². The first-order chi connectivity index (χ1) is 13.0. The summed E-state index contributed by atoms with van der Waals surface area (Å²) in [6.07, 6.45) is 3.24. The van der Waals surface area contributed by atoms with Gasteiger partial charge in [-0.1, -0.05) is 25.1 Å². The molecule has 0 bridgehead atoms. The lowest BCUT2D eigenvalue weighted by Crippen LogP contribution is -2.10. The summed E-state index contributed by atoms with van der Waals surface area (Å²) in [6.45, 7) is 1.67. The molecule has 6 heteroatoms. The molecule has 0 radical (unpaired) electrons. The second-order valence-corrected chi connectivity index (χ2v) is 5.50. The zero-order chi connectivity index (χ0) is 19.8. The molecule has 2 aromatic rings. The number of esters is 1. The number of methoxy groups -OCH3 is 3. The Balaban J connectivity index is 2.39. The van der Waals surface area contributed by atoms with E-state index in [0.717, 1.165) is 11.3 Å². The fraction of sp³-hybridized carbons (Fsp3) is 0.238. The van der Waals surface area contributed by atoms with Crippen molar-refractivity contribution in [1.82, 2.24) is 0 Å². The number of benzene rings is 2. The fourth-order valence-corrected chi connectivity index (χ4v) is 2.33. The highest BCUT2D eigenvalue weighted by Gasteiger charge is 2.20. The molecule has 0 saturated carbocycles. The van der Waals surface area contributed by atoms with Crippen LogP contribution in [0.5, 0.6) is 23.0 Å². The van der Waals surface area contributed by atoms with E-state index in [-0.39, 0.29) is 29.3 Å². The molecule has 0 aliphatic heterocycles. The van der Waals surface area contributed by atoms with E-state index >= 15 is 0 Å². The highest BCUT2D eigenvalue weighted by Crippen LogP contribution is 2.35. The van der Waals surface area contributed by atoms with Crippen molar-refractivity contribution in [2.24, 2.45) is 0 Å². The molecular formula is C21H22O6. The molecule has 0 aromatic heterocycles. The fourth-order valence-electron chi connectivity index (χ4n) is 2.33. The summed E-state index contributed by atoms with van der Waals surface area (Å²) in [7, 11) is 4.50. The van der Waals surface area contributed by atoms with E-state index in [1.54, 1.807) is 38.3 Å². The van der Waals surface area contributed by atoms with Gasteiger partial charge in [0.2, 0.25) is 0 Å². The number of rotatable bonds is 8. The predicted molar refractivity (Wildman–Crippen MR) is 102 cm³/mol. The molecule has 0 unspecified atom stereocenters. The smallest absolute Gasteiger partial charge is 0.310 e. The first-order valence-corrected chi connectivity index (χ1v) is 8.35. The normalized spacial score (nSPS) is 10.5. The molecule has 0 spiro atoms. The average Bonchev–Trinajstić information content (AvgIpc) is 2.71. The number of carbonyl (C=O) groups is 2. The molecular weight excluding hydrogens is 348 g/mol. The summed E-state index contributed by atoms with van der Waals surface area (Å²) >= 11 is 0. The summed E-state index contributed by atoms with van der Waals surface area (Å²) in [5.74, 6) is 0.688. The molecule has 0 heterocycles. The number of hydrogen-bond acceptors (Lipinski definition) is 6. The molecule has 0 N–H and O–H groups in total. The second-order valence-electron chi connectivity index (χ2n) is 5.50. The Morgan fingerprint density at radius 2 is 1.52 bits per heavy atom. The minimum atomic E-state index is -0.460. The van der Waals surface area contributed by atoms with Crippen molar-refractivity contribution >= 4 is 17.8 Å². The Morgan fingerprint density at radius 1 is 0.889 bits per heavy atom. The minimum absolute atomic E-state index is 0.0995. The van der Waals surface area contributed by atoms with Gasteiger partial charge in [0.15, 0.2) is 5.78 Å². The van der Waals surface area contributed by atoms with Crippen molar-refractivity contribution in [3.8, 4) is 23.0 Å². The van der Waals surface area contributed by atoms with Gasteiger partial charge in [-0.05, 0) is 23.8 Å².